The Bertz CT molecular complexity index is 1060. The van der Waals surface area contributed by atoms with Gasteiger partial charge in [0.15, 0.2) is 5.13 Å². The standard InChI is InChI=1S/C23H25ClN4OS/c1-17-6-8-20-21(16-17)30-23(26-20)28-14-12-27(13-15-28)11-10-25-22(29)9-7-18-4-2-3-5-19(18)24/h2-9,16H,10-15H2,1H3,(H,25,29)/b9-7+. The molecule has 3 aromatic rings. The minimum atomic E-state index is -0.0988. The number of aryl methyl sites for hydroxylation is 1. The Labute approximate surface area is 186 Å². The average Bonchev–Trinajstić information content (AvgIpc) is 3.17. The summed E-state index contributed by atoms with van der Waals surface area (Å²) in [4.78, 5) is 21.6. The van der Waals surface area contributed by atoms with Gasteiger partial charge in [0.1, 0.15) is 0 Å². The zero-order chi connectivity index (χ0) is 20.9. The monoisotopic (exact) mass is 440 g/mol. The number of hydrogen-bond acceptors (Lipinski definition) is 5. The number of hydrogen-bond donors (Lipinski definition) is 1. The first-order valence-electron chi connectivity index (χ1n) is 10.1. The molecule has 5 nitrogen and oxygen atoms in total. The van der Waals surface area contributed by atoms with Crippen LogP contribution in [0.3, 0.4) is 0 Å². The Hall–Kier alpha value is -2.41. The number of amides is 1. The second-order valence-electron chi connectivity index (χ2n) is 7.44. The molecule has 1 aliphatic rings. The number of carbonyl (C=O) groups excluding carboxylic acids is 1. The first-order chi connectivity index (χ1) is 14.6. The average molecular weight is 441 g/mol. The smallest absolute Gasteiger partial charge is 0.244 e. The third-order valence-corrected chi connectivity index (χ3v) is 6.65. The molecule has 0 saturated carbocycles. The van der Waals surface area contributed by atoms with E-state index >= 15 is 0 Å². The normalized spacial score (nSPS) is 15.2. The Balaban J connectivity index is 1.21. The Morgan fingerprint density at radius 1 is 1.20 bits per heavy atom. The fourth-order valence-electron chi connectivity index (χ4n) is 3.49. The van der Waals surface area contributed by atoms with E-state index < -0.39 is 0 Å². The highest BCUT2D eigenvalue weighted by Gasteiger charge is 2.19. The van der Waals surface area contributed by atoms with Crippen LogP contribution in [0.2, 0.25) is 5.02 Å². The second kappa shape index (κ2) is 9.60. The van der Waals surface area contributed by atoms with Crippen LogP contribution in [0.5, 0.6) is 0 Å². The van der Waals surface area contributed by atoms with E-state index in [0.717, 1.165) is 48.9 Å². The maximum absolute atomic E-state index is 12.0. The van der Waals surface area contributed by atoms with Gasteiger partial charge in [0.25, 0.3) is 0 Å². The van der Waals surface area contributed by atoms with E-state index in [4.69, 9.17) is 16.6 Å². The SMILES string of the molecule is Cc1ccc2nc(N3CCN(CCNC(=O)/C=C/c4ccccc4Cl)CC3)sc2c1. The molecule has 1 fully saturated rings. The van der Waals surface area contributed by atoms with Crippen molar-refractivity contribution in [2.24, 2.45) is 0 Å². The first-order valence-corrected chi connectivity index (χ1v) is 11.3. The summed E-state index contributed by atoms with van der Waals surface area (Å²) < 4.78 is 1.25. The first kappa shape index (κ1) is 20.8. The lowest BCUT2D eigenvalue weighted by Gasteiger charge is -2.34. The van der Waals surface area contributed by atoms with Crippen molar-refractivity contribution in [3.63, 3.8) is 0 Å². The molecule has 1 amide bonds. The van der Waals surface area contributed by atoms with E-state index in [-0.39, 0.29) is 5.91 Å². The number of nitrogens with zero attached hydrogens (tertiary/aromatic N) is 3. The molecule has 2 aromatic carbocycles. The topological polar surface area (TPSA) is 48.5 Å². The van der Waals surface area contributed by atoms with Crippen LogP contribution in [0, 0.1) is 6.92 Å². The van der Waals surface area contributed by atoms with Crippen molar-refractivity contribution in [1.29, 1.82) is 0 Å². The van der Waals surface area contributed by atoms with Gasteiger partial charge in [-0.2, -0.15) is 0 Å². The minimum absolute atomic E-state index is 0.0988. The van der Waals surface area contributed by atoms with Crippen LogP contribution in [0.15, 0.2) is 48.5 Å². The van der Waals surface area contributed by atoms with Gasteiger partial charge in [0, 0.05) is 50.4 Å². The van der Waals surface area contributed by atoms with Gasteiger partial charge in [0.2, 0.25) is 5.91 Å². The molecule has 0 bridgehead atoms. The van der Waals surface area contributed by atoms with Gasteiger partial charge in [-0.25, -0.2) is 4.98 Å². The number of fused-ring (bicyclic) bond motifs is 1. The summed E-state index contributed by atoms with van der Waals surface area (Å²) in [7, 11) is 0. The molecule has 7 heteroatoms. The molecule has 0 unspecified atom stereocenters. The summed E-state index contributed by atoms with van der Waals surface area (Å²) in [6.45, 7) is 7.45. The summed E-state index contributed by atoms with van der Waals surface area (Å²) in [5.41, 5.74) is 3.19. The Morgan fingerprint density at radius 2 is 2.00 bits per heavy atom. The van der Waals surface area contributed by atoms with Crippen molar-refractivity contribution >= 4 is 50.3 Å². The third-order valence-electron chi connectivity index (χ3n) is 5.22. The number of thiazole rings is 1. The number of benzene rings is 2. The molecule has 1 aliphatic heterocycles. The zero-order valence-corrected chi connectivity index (χ0v) is 18.5. The quantitative estimate of drug-likeness (QED) is 0.583. The van der Waals surface area contributed by atoms with Gasteiger partial charge in [-0.15, -0.1) is 0 Å². The number of halogens is 1. The lowest BCUT2D eigenvalue weighted by atomic mass is 10.2. The number of rotatable bonds is 6. The highest BCUT2D eigenvalue weighted by Crippen LogP contribution is 2.30. The highest BCUT2D eigenvalue weighted by atomic mass is 35.5. The van der Waals surface area contributed by atoms with Crippen molar-refractivity contribution in [1.82, 2.24) is 15.2 Å². The summed E-state index contributed by atoms with van der Waals surface area (Å²) in [5, 5.41) is 4.70. The molecule has 0 spiro atoms. The van der Waals surface area contributed by atoms with Crippen LogP contribution in [0.4, 0.5) is 5.13 Å². The maximum Gasteiger partial charge on any atom is 0.244 e. The number of aromatic nitrogens is 1. The largest absolute Gasteiger partial charge is 0.351 e. The summed E-state index contributed by atoms with van der Waals surface area (Å²) >= 11 is 7.87. The van der Waals surface area contributed by atoms with Crippen LogP contribution in [-0.2, 0) is 4.79 Å². The van der Waals surface area contributed by atoms with Crippen molar-refractivity contribution in [3.05, 3.63) is 64.7 Å². The van der Waals surface area contributed by atoms with Crippen molar-refractivity contribution in [3.8, 4) is 0 Å². The van der Waals surface area contributed by atoms with E-state index in [1.807, 2.05) is 24.3 Å². The van der Waals surface area contributed by atoms with Crippen LogP contribution in [0.25, 0.3) is 16.3 Å². The molecule has 4 rings (SSSR count). The molecule has 0 atom stereocenters. The van der Waals surface area contributed by atoms with Crippen LogP contribution in [-0.4, -0.2) is 55.1 Å². The van der Waals surface area contributed by atoms with Crippen molar-refractivity contribution in [2.75, 3.05) is 44.2 Å². The Kier molecular flexibility index (Phi) is 6.67. The molecule has 1 N–H and O–H groups in total. The van der Waals surface area contributed by atoms with Gasteiger partial charge in [-0.3, -0.25) is 9.69 Å². The highest BCUT2D eigenvalue weighted by molar-refractivity contribution is 7.22. The van der Waals surface area contributed by atoms with E-state index in [1.165, 1.54) is 16.3 Å². The van der Waals surface area contributed by atoms with Gasteiger partial charge in [0.05, 0.1) is 10.2 Å². The molecule has 156 valence electrons. The number of anilines is 1. The Morgan fingerprint density at radius 3 is 2.80 bits per heavy atom. The van der Waals surface area contributed by atoms with E-state index in [9.17, 15) is 4.79 Å². The molecule has 0 aliphatic carbocycles. The second-order valence-corrected chi connectivity index (χ2v) is 8.86. The van der Waals surface area contributed by atoms with Crippen LogP contribution in [0.1, 0.15) is 11.1 Å². The minimum Gasteiger partial charge on any atom is -0.351 e. The van der Waals surface area contributed by atoms with Crippen molar-refractivity contribution < 1.29 is 4.79 Å². The zero-order valence-electron chi connectivity index (χ0n) is 17.0. The third kappa shape index (κ3) is 5.19. The molecule has 0 radical (unpaired) electrons. The lowest BCUT2D eigenvalue weighted by Crippen LogP contribution is -2.48. The number of carbonyl (C=O) groups is 1. The van der Waals surface area contributed by atoms with Gasteiger partial charge >= 0.3 is 0 Å². The summed E-state index contributed by atoms with van der Waals surface area (Å²) in [6, 6.07) is 13.9. The molecule has 30 heavy (non-hydrogen) atoms. The van der Waals surface area contributed by atoms with Gasteiger partial charge < -0.3 is 10.2 Å². The summed E-state index contributed by atoms with van der Waals surface area (Å²) in [6.07, 6.45) is 3.28. The van der Waals surface area contributed by atoms with E-state index in [1.54, 1.807) is 17.4 Å². The van der Waals surface area contributed by atoms with Crippen molar-refractivity contribution in [2.45, 2.75) is 6.92 Å². The fraction of sp³-hybridized carbons (Fsp3) is 0.304. The molecular formula is C23H25ClN4OS. The molecule has 1 saturated heterocycles. The molecular weight excluding hydrogens is 416 g/mol. The fourth-order valence-corrected chi connectivity index (χ4v) is 4.80. The van der Waals surface area contributed by atoms with E-state index in [0.29, 0.717) is 11.6 Å². The molecule has 1 aromatic heterocycles. The maximum atomic E-state index is 12.0. The van der Waals surface area contributed by atoms with Crippen LogP contribution < -0.4 is 10.2 Å². The predicted molar refractivity (Wildman–Crippen MR) is 127 cm³/mol. The number of nitrogens with one attached hydrogen (secondary N) is 1. The molecule has 2 heterocycles. The predicted octanol–water partition coefficient (Wildman–Crippen LogP) is 4.21. The van der Waals surface area contributed by atoms with Gasteiger partial charge in [-0.1, -0.05) is 47.2 Å². The van der Waals surface area contributed by atoms with Gasteiger partial charge in [-0.05, 0) is 42.3 Å². The lowest BCUT2D eigenvalue weighted by molar-refractivity contribution is -0.116. The number of piperazine rings is 1. The van der Waals surface area contributed by atoms with E-state index in [2.05, 4.69) is 40.2 Å². The van der Waals surface area contributed by atoms with Crippen LogP contribution >= 0.6 is 22.9 Å². The summed E-state index contributed by atoms with van der Waals surface area (Å²) in [5.74, 6) is -0.0988.